The number of aliphatic hydroxyl groups excluding tert-OH is 1. The maximum absolute atomic E-state index is 11.1. The van der Waals surface area contributed by atoms with Crippen LogP contribution in [0.25, 0.3) is 0 Å². The molecule has 0 aromatic heterocycles. The Labute approximate surface area is 167 Å². The van der Waals surface area contributed by atoms with E-state index in [-0.39, 0.29) is 11.8 Å². The van der Waals surface area contributed by atoms with Crippen LogP contribution in [0.3, 0.4) is 0 Å². The fourth-order valence-corrected chi connectivity index (χ4v) is 5.82. The maximum Gasteiger partial charge on any atom is 0.127 e. The zero-order valence-corrected chi connectivity index (χ0v) is 18.2. The Balaban J connectivity index is 1.48. The van der Waals surface area contributed by atoms with Crippen molar-refractivity contribution in [2.45, 2.75) is 90.2 Å². The summed E-state index contributed by atoms with van der Waals surface area (Å²) in [6.45, 7) is 11.4. The standard InChI is InChI=1S/C22H44N4O/c1-17(2)14-22(3)20(27)26(21(23-4)24-22)16-19-10-12-25(13-11-19)15-18-8-6-5-7-9-18/h17-21,23-24,27H,5-16H2,1-4H3. The predicted octanol–water partition coefficient (Wildman–Crippen LogP) is 2.81. The van der Waals surface area contributed by atoms with E-state index in [0.717, 1.165) is 18.9 Å². The van der Waals surface area contributed by atoms with E-state index in [9.17, 15) is 5.11 Å². The molecule has 3 N–H and O–H groups in total. The molecule has 0 bridgehead atoms. The lowest BCUT2D eigenvalue weighted by molar-refractivity contribution is -0.0355. The zero-order valence-electron chi connectivity index (χ0n) is 18.2. The third-order valence-corrected chi connectivity index (χ3v) is 7.21. The molecule has 3 rings (SSSR count). The van der Waals surface area contributed by atoms with Crippen molar-refractivity contribution < 1.29 is 5.11 Å². The van der Waals surface area contributed by atoms with Crippen molar-refractivity contribution in [1.82, 2.24) is 20.4 Å². The van der Waals surface area contributed by atoms with Crippen LogP contribution in [-0.4, -0.2) is 66.2 Å². The van der Waals surface area contributed by atoms with Crippen LogP contribution in [-0.2, 0) is 0 Å². The first-order chi connectivity index (χ1) is 12.9. The summed E-state index contributed by atoms with van der Waals surface area (Å²) in [6.07, 6.45) is 10.4. The highest BCUT2D eigenvalue weighted by atomic mass is 16.3. The second kappa shape index (κ2) is 9.53. The quantitative estimate of drug-likeness (QED) is 0.634. The second-order valence-corrected chi connectivity index (χ2v) is 10.2. The summed E-state index contributed by atoms with van der Waals surface area (Å²) in [4.78, 5) is 4.98. The third kappa shape index (κ3) is 5.45. The van der Waals surface area contributed by atoms with Gasteiger partial charge in [0.05, 0.1) is 5.54 Å². The van der Waals surface area contributed by atoms with Crippen molar-refractivity contribution in [2.75, 3.05) is 33.2 Å². The van der Waals surface area contributed by atoms with Gasteiger partial charge in [-0.2, -0.15) is 0 Å². The summed E-state index contributed by atoms with van der Waals surface area (Å²) in [6, 6.07) is 0. The summed E-state index contributed by atoms with van der Waals surface area (Å²) in [5.74, 6) is 2.21. The van der Waals surface area contributed by atoms with Crippen LogP contribution in [0.2, 0.25) is 0 Å². The molecule has 0 radical (unpaired) electrons. The van der Waals surface area contributed by atoms with Crippen molar-refractivity contribution in [3.05, 3.63) is 0 Å². The van der Waals surface area contributed by atoms with Crippen LogP contribution in [0, 0.1) is 17.8 Å². The van der Waals surface area contributed by atoms with Gasteiger partial charge in [-0.25, -0.2) is 4.90 Å². The molecule has 5 heteroatoms. The van der Waals surface area contributed by atoms with Gasteiger partial charge in [0.25, 0.3) is 0 Å². The summed E-state index contributed by atoms with van der Waals surface area (Å²) in [7, 11) is 1.99. The molecule has 0 amide bonds. The highest BCUT2D eigenvalue weighted by Gasteiger charge is 2.48. The SMILES string of the molecule is CNC1NC(C)(CC(C)C)C(O)N1CC1CCN(CC2CCCCC2)CC1. The monoisotopic (exact) mass is 380 g/mol. The van der Waals surface area contributed by atoms with Crippen LogP contribution in [0.4, 0.5) is 0 Å². The first-order valence-corrected chi connectivity index (χ1v) is 11.5. The van der Waals surface area contributed by atoms with Gasteiger partial charge in [0, 0.05) is 13.1 Å². The molecule has 5 nitrogen and oxygen atoms in total. The van der Waals surface area contributed by atoms with Gasteiger partial charge in [-0.1, -0.05) is 33.1 Å². The number of piperidine rings is 1. The average Bonchev–Trinajstić information content (AvgIpc) is 2.88. The minimum Gasteiger partial charge on any atom is -0.376 e. The molecule has 158 valence electrons. The normalized spacial score (nSPS) is 35.3. The number of hydrogen-bond acceptors (Lipinski definition) is 5. The smallest absolute Gasteiger partial charge is 0.127 e. The third-order valence-electron chi connectivity index (χ3n) is 7.21. The molecule has 3 aliphatic rings. The van der Waals surface area contributed by atoms with Crippen molar-refractivity contribution in [3.8, 4) is 0 Å². The van der Waals surface area contributed by atoms with Gasteiger partial charge in [0.15, 0.2) is 0 Å². The summed E-state index contributed by atoms with van der Waals surface area (Å²) >= 11 is 0. The van der Waals surface area contributed by atoms with Crippen molar-refractivity contribution in [2.24, 2.45) is 17.8 Å². The molecule has 1 saturated carbocycles. The van der Waals surface area contributed by atoms with E-state index in [2.05, 4.69) is 41.2 Å². The highest BCUT2D eigenvalue weighted by Crippen LogP contribution is 2.32. The number of nitrogens with zero attached hydrogens (tertiary/aromatic N) is 2. The predicted molar refractivity (Wildman–Crippen MR) is 112 cm³/mol. The van der Waals surface area contributed by atoms with E-state index in [4.69, 9.17) is 0 Å². The van der Waals surface area contributed by atoms with Gasteiger partial charge in [0.1, 0.15) is 12.5 Å². The average molecular weight is 381 g/mol. The molecular weight excluding hydrogens is 336 g/mol. The first kappa shape index (κ1) is 21.5. The lowest BCUT2D eigenvalue weighted by Crippen LogP contribution is -2.50. The Morgan fingerprint density at radius 3 is 2.26 bits per heavy atom. The number of likely N-dealkylation sites (tertiary alicyclic amines) is 1. The molecular formula is C22H44N4O. The highest BCUT2D eigenvalue weighted by molar-refractivity contribution is 5.00. The van der Waals surface area contributed by atoms with Crippen LogP contribution in [0.15, 0.2) is 0 Å². The largest absolute Gasteiger partial charge is 0.376 e. The topological polar surface area (TPSA) is 50.8 Å². The van der Waals surface area contributed by atoms with E-state index >= 15 is 0 Å². The minimum atomic E-state index is -0.419. The van der Waals surface area contributed by atoms with Gasteiger partial charge in [0.2, 0.25) is 0 Å². The number of nitrogens with one attached hydrogen (secondary N) is 2. The Hall–Kier alpha value is -0.200. The molecule has 1 aliphatic carbocycles. The molecule has 0 aromatic rings. The van der Waals surface area contributed by atoms with Crippen LogP contribution >= 0.6 is 0 Å². The summed E-state index contributed by atoms with van der Waals surface area (Å²) in [5, 5.41) is 18.1. The van der Waals surface area contributed by atoms with Crippen LogP contribution < -0.4 is 10.6 Å². The van der Waals surface area contributed by atoms with Gasteiger partial charge < -0.3 is 10.0 Å². The molecule has 2 heterocycles. The summed E-state index contributed by atoms with van der Waals surface area (Å²) < 4.78 is 0. The Bertz CT molecular complexity index is 446. The lowest BCUT2D eigenvalue weighted by atomic mass is 9.87. The Morgan fingerprint density at radius 2 is 1.67 bits per heavy atom. The maximum atomic E-state index is 11.1. The van der Waals surface area contributed by atoms with Gasteiger partial charge in [-0.15, -0.1) is 0 Å². The lowest BCUT2D eigenvalue weighted by Gasteiger charge is -2.38. The Morgan fingerprint density at radius 1 is 1.04 bits per heavy atom. The minimum absolute atomic E-state index is 0.0732. The number of rotatable bonds is 7. The van der Waals surface area contributed by atoms with E-state index < -0.39 is 6.23 Å². The van der Waals surface area contributed by atoms with E-state index in [1.54, 1.807) is 0 Å². The van der Waals surface area contributed by atoms with Gasteiger partial charge in [-0.05, 0) is 76.9 Å². The number of aliphatic hydroxyl groups is 1. The van der Waals surface area contributed by atoms with Crippen molar-refractivity contribution >= 4 is 0 Å². The first-order valence-electron chi connectivity index (χ1n) is 11.5. The van der Waals surface area contributed by atoms with Crippen molar-refractivity contribution in [3.63, 3.8) is 0 Å². The van der Waals surface area contributed by atoms with Gasteiger partial charge in [-0.3, -0.25) is 10.6 Å². The number of hydrogen-bond donors (Lipinski definition) is 3. The van der Waals surface area contributed by atoms with Crippen molar-refractivity contribution in [1.29, 1.82) is 0 Å². The van der Waals surface area contributed by atoms with E-state index in [1.165, 1.54) is 64.6 Å². The molecule has 0 spiro atoms. The molecule has 0 aromatic carbocycles. The van der Waals surface area contributed by atoms with E-state index in [0.29, 0.717) is 11.8 Å². The van der Waals surface area contributed by atoms with Crippen LogP contribution in [0.1, 0.15) is 72.1 Å². The summed E-state index contributed by atoms with van der Waals surface area (Å²) in [5.41, 5.74) is -0.233. The molecule has 2 saturated heterocycles. The van der Waals surface area contributed by atoms with Gasteiger partial charge >= 0.3 is 0 Å². The zero-order chi connectivity index (χ0) is 19.4. The van der Waals surface area contributed by atoms with E-state index in [1.807, 2.05) is 7.05 Å². The molecule has 3 fully saturated rings. The fourth-order valence-electron chi connectivity index (χ4n) is 5.82. The van der Waals surface area contributed by atoms with Crippen LogP contribution in [0.5, 0.6) is 0 Å². The second-order valence-electron chi connectivity index (χ2n) is 10.2. The molecule has 2 aliphatic heterocycles. The molecule has 27 heavy (non-hydrogen) atoms. The Kier molecular flexibility index (Phi) is 7.59. The molecule has 3 atom stereocenters. The molecule has 3 unspecified atom stereocenters. The fraction of sp³-hybridized carbons (Fsp3) is 1.00.